The average molecular weight is 234 g/mol. The number of hydrogen-bond donors (Lipinski definition) is 3. The van der Waals surface area contributed by atoms with E-state index < -0.39 is 0 Å². The third-order valence-corrected chi connectivity index (χ3v) is 3.54. The summed E-state index contributed by atoms with van der Waals surface area (Å²) in [5, 5.41) is 13.0. The smallest absolute Gasteiger partial charge is 0.0626 e. The second-order valence-corrected chi connectivity index (χ2v) is 4.94. The van der Waals surface area contributed by atoms with Crippen LogP contribution in [-0.4, -0.2) is 23.8 Å². The van der Waals surface area contributed by atoms with Crippen molar-refractivity contribution in [3.63, 3.8) is 0 Å². The third-order valence-electron chi connectivity index (χ3n) is 3.54. The molecule has 4 N–H and O–H groups in total. The molecule has 1 aromatic carbocycles. The van der Waals surface area contributed by atoms with Crippen LogP contribution in [0.5, 0.6) is 0 Å². The van der Waals surface area contributed by atoms with Crippen LogP contribution in [0, 0.1) is 0 Å². The maximum absolute atomic E-state index is 9.48. The van der Waals surface area contributed by atoms with E-state index in [2.05, 4.69) is 17.4 Å². The van der Waals surface area contributed by atoms with Crippen molar-refractivity contribution in [3.05, 3.63) is 35.9 Å². The molecule has 1 aliphatic carbocycles. The van der Waals surface area contributed by atoms with Gasteiger partial charge in [-0.05, 0) is 24.8 Å². The van der Waals surface area contributed by atoms with E-state index in [9.17, 15) is 5.11 Å². The third kappa shape index (κ3) is 3.53. The number of benzene rings is 1. The Bertz CT molecular complexity index is 328. The number of nitrogens with one attached hydrogen (secondary N) is 1. The average Bonchev–Trinajstić information content (AvgIpc) is 2.37. The maximum Gasteiger partial charge on any atom is 0.0626 e. The van der Waals surface area contributed by atoms with E-state index in [4.69, 9.17) is 5.73 Å². The summed E-state index contributed by atoms with van der Waals surface area (Å²) in [5.74, 6) is 0. The Balaban J connectivity index is 1.95. The van der Waals surface area contributed by atoms with Gasteiger partial charge in [-0.3, -0.25) is 0 Å². The molecule has 0 radical (unpaired) electrons. The number of nitrogens with two attached hydrogens (primary N) is 1. The summed E-state index contributed by atoms with van der Waals surface area (Å²) in [6, 6.07) is 10.9. The topological polar surface area (TPSA) is 58.3 Å². The van der Waals surface area contributed by atoms with Crippen LogP contribution in [0.2, 0.25) is 0 Å². The van der Waals surface area contributed by atoms with Crippen molar-refractivity contribution in [1.29, 1.82) is 0 Å². The lowest BCUT2D eigenvalue weighted by atomic mass is 9.90. The zero-order chi connectivity index (χ0) is 12.1. The van der Waals surface area contributed by atoms with Crippen LogP contribution in [0.4, 0.5) is 0 Å². The molecule has 0 spiro atoms. The van der Waals surface area contributed by atoms with E-state index in [1.165, 1.54) is 6.42 Å². The standard InChI is InChI=1S/C14H22N2O/c15-12-7-4-8-13(9-12)16-14(10-17)11-5-2-1-3-6-11/h1-3,5-6,12-14,16-17H,4,7-10,15H2/t12?,13?,14-/m1/s1. The molecule has 1 aliphatic rings. The summed E-state index contributed by atoms with van der Waals surface area (Å²) < 4.78 is 0. The first-order chi connectivity index (χ1) is 8.29. The molecule has 0 heterocycles. The molecule has 0 aliphatic heterocycles. The minimum Gasteiger partial charge on any atom is -0.394 e. The van der Waals surface area contributed by atoms with Gasteiger partial charge >= 0.3 is 0 Å². The first kappa shape index (κ1) is 12.6. The predicted octanol–water partition coefficient (Wildman–Crippen LogP) is 1.58. The van der Waals surface area contributed by atoms with Gasteiger partial charge in [0.1, 0.15) is 0 Å². The zero-order valence-electron chi connectivity index (χ0n) is 10.2. The van der Waals surface area contributed by atoms with Crippen LogP contribution in [0.25, 0.3) is 0 Å². The van der Waals surface area contributed by atoms with Gasteiger partial charge in [-0.1, -0.05) is 36.8 Å². The molecule has 2 rings (SSSR count). The van der Waals surface area contributed by atoms with Gasteiger partial charge in [0.25, 0.3) is 0 Å². The van der Waals surface area contributed by atoms with Crippen LogP contribution in [0.3, 0.4) is 0 Å². The van der Waals surface area contributed by atoms with Gasteiger partial charge in [-0.2, -0.15) is 0 Å². The molecule has 3 atom stereocenters. The molecule has 17 heavy (non-hydrogen) atoms. The van der Waals surface area contributed by atoms with Crippen LogP contribution in [0.1, 0.15) is 37.3 Å². The Kier molecular flexibility index (Phi) is 4.54. The van der Waals surface area contributed by atoms with Crippen molar-refractivity contribution < 1.29 is 5.11 Å². The Morgan fingerprint density at radius 2 is 2.06 bits per heavy atom. The highest BCUT2D eigenvalue weighted by Crippen LogP contribution is 2.21. The monoisotopic (exact) mass is 234 g/mol. The molecule has 0 saturated heterocycles. The van der Waals surface area contributed by atoms with Crippen molar-refractivity contribution in [2.45, 2.75) is 43.8 Å². The Morgan fingerprint density at radius 1 is 1.29 bits per heavy atom. The fourth-order valence-corrected chi connectivity index (χ4v) is 2.60. The van der Waals surface area contributed by atoms with Gasteiger partial charge in [0.15, 0.2) is 0 Å². The molecule has 0 bridgehead atoms. The Labute approximate surface area is 103 Å². The summed E-state index contributed by atoms with van der Waals surface area (Å²) in [4.78, 5) is 0. The van der Waals surface area contributed by atoms with Crippen molar-refractivity contribution in [2.75, 3.05) is 6.61 Å². The largest absolute Gasteiger partial charge is 0.394 e. The highest BCUT2D eigenvalue weighted by atomic mass is 16.3. The second-order valence-electron chi connectivity index (χ2n) is 4.94. The van der Waals surface area contributed by atoms with Gasteiger partial charge in [0.05, 0.1) is 12.6 Å². The van der Waals surface area contributed by atoms with E-state index in [1.807, 2.05) is 18.2 Å². The van der Waals surface area contributed by atoms with Gasteiger partial charge < -0.3 is 16.2 Å². The lowest BCUT2D eigenvalue weighted by Gasteiger charge is -2.30. The van der Waals surface area contributed by atoms with E-state index >= 15 is 0 Å². The summed E-state index contributed by atoms with van der Waals surface area (Å²) in [5.41, 5.74) is 7.13. The Morgan fingerprint density at radius 3 is 2.71 bits per heavy atom. The molecule has 1 aromatic rings. The molecule has 94 valence electrons. The minimum absolute atomic E-state index is 0.0338. The first-order valence-electron chi connectivity index (χ1n) is 6.47. The molecule has 1 fully saturated rings. The van der Waals surface area contributed by atoms with Gasteiger partial charge in [-0.15, -0.1) is 0 Å². The lowest BCUT2D eigenvalue weighted by molar-refractivity contribution is 0.216. The quantitative estimate of drug-likeness (QED) is 0.741. The van der Waals surface area contributed by atoms with Gasteiger partial charge in [0.2, 0.25) is 0 Å². The van der Waals surface area contributed by atoms with E-state index in [1.54, 1.807) is 0 Å². The van der Waals surface area contributed by atoms with Gasteiger partial charge in [-0.25, -0.2) is 0 Å². The van der Waals surface area contributed by atoms with Crippen LogP contribution >= 0.6 is 0 Å². The molecule has 0 aromatic heterocycles. The number of rotatable bonds is 4. The van der Waals surface area contributed by atoms with Gasteiger partial charge in [0, 0.05) is 12.1 Å². The summed E-state index contributed by atoms with van der Waals surface area (Å²) >= 11 is 0. The number of aliphatic hydroxyl groups is 1. The fraction of sp³-hybridized carbons (Fsp3) is 0.571. The normalized spacial score (nSPS) is 26.7. The highest BCUT2D eigenvalue weighted by molar-refractivity contribution is 5.19. The zero-order valence-corrected chi connectivity index (χ0v) is 10.2. The van der Waals surface area contributed by atoms with Crippen LogP contribution in [0.15, 0.2) is 30.3 Å². The van der Waals surface area contributed by atoms with E-state index in [0.29, 0.717) is 12.1 Å². The molecular formula is C14H22N2O. The Hall–Kier alpha value is -0.900. The lowest BCUT2D eigenvalue weighted by Crippen LogP contribution is -2.41. The van der Waals surface area contributed by atoms with Crippen LogP contribution < -0.4 is 11.1 Å². The molecule has 2 unspecified atom stereocenters. The van der Waals surface area contributed by atoms with E-state index in [-0.39, 0.29) is 12.6 Å². The first-order valence-corrected chi connectivity index (χ1v) is 6.47. The maximum atomic E-state index is 9.48. The molecule has 3 heteroatoms. The van der Waals surface area contributed by atoms with Crippen molar-refractivity contribution >= 4 is 0 Å². The molecule has 1 saturated carbocycles. The van der Waals surface area contributed by atoms with Crippen molar-refractivity contribution in [1.82, 2.24) is 5.32 Å². The number of aliphatic hydroxyl groups excluding tert-OH is 1. The SMILES string of the molecule is NC1CCCC(N[C@H](CO)c2ccccc2)C1. The molecule has 0 amide bonds. The summed E-state index contributed by atoms with van der Waals surface area (Å²) in [6.07, 6.45) is 4.50. The van der Waals surface area contributed by atoms with Crippen molar-refractivity contribution in [2.24, 2.45) is 5.73 Å². The summed E-state index contributed by atoms with van der Waals surface area (Å²) in [7, 11) is 0. The molecule has 3 nitrogen and oxygen atoms in total. The minimum atomic E-state index is 0.0338. The van der Waals surface area contributed by atoms with Crippen molar-refractivity contribution in [3.8, 4) is 0 Å². The second kappa shape index (κ2) is 6.15. The predicted molar refractivity (Wildman–Crippen MR) is 69.6 cm³/mol. The van der Waals surface area contributed by atoms with Crippen LogP contribution in [-0.2, 0) is 0 Å². The summed E-state index contributed by atoms with van der Waals surface area (Å²) in [6.45, 7) is 0.135. The van der Waals surface area contributed by atoms with E-state index in [0.717, 1.165) is 24.8 Å². The number of hydrogen-bond acceptors (Lipinski definition) is 3. The fourth-order valence-electron chi connectivity index (χ4n) is 2.60. The highest BCUT2D eigenvalue weighted by Gasteiger charge is 2.22. The molecular weight excluding hydrogens is 212 g/mol.